The summed E-state index contributed by atoms with van der Waals surface area (Å²) in [5, 5.41) is 3.22. The Morgan fingerprint density at radius 3 is 2.47 bits per heavy atom. The van der Waals surface area contributed by atoms with E-state index in [4.69, 9.17) is 27.9 Å². The number of halogens is 3. The molecule has 0 spiro atoms. The van der Waals surface area contributed by atoms with Crippen LogP contribution in [0.5, 0.6) is 5.75 Å². The van der Waals surface area contributed by atoms with E-state index in [1.165, 1.54) is 6.08 Å². The molecule has 172 valence electrons. The Labute approximate surface area is 214 Å². The highest BCUT2D eigenvalue weighted by atomic mass is 79.9. The summed E-state index contributed by atoms with van der Waals surface area (Å²) in [5.74, 6) is -0.955. The lowest BCUT2D eigenvalue weighted by Gasteiger charge is -2.27. The summed E-state index contributed by atoms with van der Waals surface area (Å²) >= 11 is 15.8. The second-order valence-electron chi connectivity index (χ2n) is 7.41. The van der Waals surface area contributed by atoms with Gasteiger partial charge in [-0.05, 0) is 70.4 Å². The number of rotatable bonds is 5. The van der Waals surface area contributed by atoms with E-state index >= 15 is 0 Å². The van der Waals surface area contributed by atoms with Crippen molar-refractivity contribution >= 4 is 68.7 Å². The van der Waals surface area contributed by atoms with E-state index in [2.05, 4.69) is 21.2 Å². The quantitative estimate of drug-likeness (QED) is 0.293. The van der Waals surface area contributed by atoms with E-state index in [1.54, 1.807) is 49.4 Å². The minimum absolute atomic E-state index is 0.185. The minimum Gasteiger partial charge on any atom is -0.488 e. The van der Waals surface area contributed by atoms with Crippen LogP contribution in [0.3, 0.4) is 0 Å². The summed E-state index contributed by atoms with van der Waals surface area (Å²) < 4.78 is 6.46. The van der Waals surface area contributed by atoms with Crippen LogP contribution in [-0.4, -0.2) is 17.8 Å². The molecular weight excluding hydrogens is 543 g/mol. The molecule has 6 nitrogen and oxygen atoms in total. The van der Waals surface area contributed by atoms with Gasteiger partial charge in [0.25, 0.3) is 11.8 Å². The fraction of sp³-hybridized carbons (Fsp3) is 0.0800. The van der Waals surface area contributed by atoms with Gasteiger partial charge in [0.1, 0.15) is 17.9 Å². The summed E-state index contributed by atoms with van der Waals surface area (Å²) in [7, 11) is 0. The van der Waals surface area contributed by atoms with E-state index in [1.807, 2.05) is 18.2 Å². The largest absolute Gasteiger partial charge is 0.488 e. The number of carbonyl (C=O) groups excluding carboxylic acids is 3. The maximum atomic E-state index is 13.1. The molecule has 4 rings (SSSR count). The SMILES string of the molecule is Cc1c(Cl)cccc1N1C(=O)NC(=O)/C(=C\c2ccc(OCc3ccccc3Cl)c(Br)c2)C1=O. The van der Waals surface area contributed by atoms with Gasteiger partial charge in [0.2, 0.25) is 0 Å². The van der Waals surface area contributed by atoms with Crippen LogP contribution < -0.4 is 15.0 Å². The van der Waals surface area contributed by atoms with E-state index in [-0.39, 0.29) is 12.2 Å². The van der Waals surface area contributed by atoms with Gasteiger partial charge in [0, 0.05) is 15.6 Å². The van der Waals surface area contributed by atoms with Crippen molar-refractivity contribution in [2.24, 2.45) is 0 Å². The molecule has 0 saturated carbocycles. The van der Waals surface area contributed by atoms with Crippen molar-refractivity contribution < 1.29 is 19.1 Å². The second-order valence-corrected chi connectivity index (χ2v) is 9.08. The first-order chi connectivity index (χ1) is 16.3. The highest BCUT2D eigenvalue weighted by Crippen LogP contribution is 2.31. The molecule has 0 bridgehead atoms. The van der Waals surface area contributed by atoms with Crippen LogP contribution in [0, 0.1) is 6.92 Å². The number of nitrogens with zero attached hydrogens (tertiary/aromatic N) is 1. The van der Waals surface area contributed by atoms with Gasteiger partial charge >= 0.3 is 6.03 Å². The number of ether oxygens (including phenoxy) is 1. The van der Waals surface area contributed by atoms with Crippen molar-refractivity contribution in [3.8, 4) is 5.75 Å². The molecule has 1 saturated heterocycles. The van der Waals surface area contributed by atoms with Crippen molar-refractivity contribution in [3.05, 3.63) is 97.4 Å². The van der Waals surface area contributed by atoms with Crippen LogP contribution in [0.25, 0.3) is 6.08 Å². The number of hydrogen-bond donors (Lipinski definition) is 1. The zero-order chi connectivity index (χ0) is 24.4. The van der Waals surface area contributed by atoms with Crippen molar-refractivity contribution in [2.75, 3.05) is 4.90 Å². The Balaban J connectivity index is 1.60. The number of barbiturate groups is 1. The maximum absolute atomic E-state index is 13.1. The van der Waals surface area contributed by atoms with Gasteiger partial charge in [-0.1, -0.05) is 53.5 Å². The summed E-state index contributed by atoms with van der Waals surface area (Å²) in [5.41, 5.74) is 2.07. The number of hydrogen-bond acceptors (Lipinski definition) is 4. The third-order valence-electron chi connectivity index (χ3n) is 5.19. The molecule has 4 amide bonds. The number of benzene rings is 3. The normalized spacial score (nSPS) is 15.0. The van der Waals surface area contributed by atoms with E-state index in [0.717, 1.165) is 10.5 Å². The molecule has 1 fully saturated rings. The third-order valence-corrected chi connectivity index (χ3v) is 6.59. The highest BCUT2D eigenvalue weighted by molar-refractivity contribution is 9.10. The Morgan fingerprint density at radius 2 is 1.74 bits per heavy atom. The van der Waals surface area contributed by atoms with Crippen LogP contribution in [0.1, 0.15) is 16.7 Å². The van der Waals surface area contributed by atoms with Gasteiger partial charge in [-0.15, -0.1) is 0 Å². The molecule has 0 atom stereocenters. The summed E-state index contributed by atoms with van der Waals surface area (Å²) in [6.07, 6.45) is 1.42. The molecule has 34 heavy (non-hydrogen) atoms. The van der Waals surface area contributed by atoms with E-state index in [0.29, 0.717) is 37.1 Å². The summed E-state index contributed by atoms with van der Waals surface area (Å²) in [6, 6.07) is 16.5. The molecule has 1 heterocycles. The zero-order valence-corrected chi connectivity index (χ0v) is 20.9. The van der Waals surface area contributed by atoms with Crippen LogP contribution in [0.15, 0.2) is 70.7 Å². The molecule has 0 aromatic heterocycles. The number of imide groups is 2. The predicted octanol–water partition coefficient (Wildman–Crippen LogP) is 6.31. The van der Waals surface area contributed by atoms with Gasteiger partial charge < -0.3 is 4.74 Å². The smallest absolute Gasteiger partial charge is 0.335 e. The molecule has 0 unspecified atom stereocenters. The third kappa shape index (κ3) is 4.87. The first kappa shape index (κ1) is 24.0. The average Bonchev–Trinajstić information content (AvgIpc) is 2.79. The van der Waals surface area contributed by atoms with Crippen LogP contribution in [-0.2, 0) is 16.2 Å². The Bertz CT molecular complexity index is 1360. The highest BCUT2D eigenvalue weighted by Gasteiger charge is 2.37. The second kappa shape index (κ2) is 10.0. The predicted molar refractivity (Wildman–Crippen MR) is 135 cm³/mol. The molecule has 0 aliphatic carbocycles. The Morgan fingerprint density at radius 1 is 1.00 bits per heavy atom. The van der Waals surface area contributed by atoms with Crippen LogP contribution in [0.2, 0.25) is 10.0 Å². The molecular formula is C25H17BrCl2N2O4. The van der Waals surface area contributed by atoms with Crippen molar-refractivity contribution in [1.82, 2.24) is 5.32 Å². The molecule has 1 aliphatic rings. The summed E-state index contributed by atoms with van der Waals surface area (Å²) in [6.45, 7) is 1.96. The Kier molecular flexibility index (Phi) is 7.07. The van der Waals surface area contributed by atoms with Crippen molar-refractivity contribution in [2.45, 2.75) is 13.5 Å². The van der Waals surface area contributed by atoms with Gasteiger partial charge in [-0.25, -0.2) is 9.69 Å². The van der Waals surface area contributed by atoms with Crippen molar-refractivity contribution in [3.63, 3.8) is 0 Å². The Hall–Kier alpha value is -3.13. The van der Waals surface area contributed by atoms with Gasteiger partial charge in [0.15, 0.2) is 0 Å². The summed E-state index contributed by atoms with van der Waals surface area (Å²) in [4.78, 5) is 39.0. The molecule has 3 aromatic rings. The number of urea groups is 1. The number of carbonyl (C=O) groups is 3. The fourth-order valence-electron chi connectivity index (χ4n) is 3.38. The fourth-order valence-corrected chi connectivity index (χ4v) is 4.25. The van der Waals surface area contributed by atoms with Crippen LogP contribution in [0.4, 0.5) is 10.5 Å². The van der Waals surface area contributed by atoms with Crippen LogP contribution >= 0.6 is 39.1 Å². The van der Waals surface area contributed by atoms with Gasteiger partial charge in [-0.2, -0.15) is 0 Å². The average molecular weight is 560 g/mol. The van der Waals surface area contributed by atoms with E-state index < -0.39 is 17.8 Å². The van der Waals surface area contributed by atoms with Gasteiger partial charge in [0.05, 0.1) is 10.2 Å². The first-order valence-corrected chi connectivity index (χ1v) is 11.6. The molecule has 1 aliphatic heterocycles. The maximum Gasteiger partial charge on any atom is 0.335 e. The number of anilines is 1. The molecule has 9 heteroatoms. The molecule has 0 radical (unpaired) electrons. The topological polar surface area (TPSA) is 75.7 Å². The zero-order valence-electron chi connectivity index (χ0n) is 17.8. The number of amides is 4. The lowest BCUT2D eigenvalue weighted by atomic mass is 10.1. The van der Waals surface area contributed by atoms with E-state index in [9.17, 15) is 14.4 Å². The minimum atomic E-state index is -0.831. The standard InChI is InChI=1S/C25H17BrCl2N2O4/c1-14-19(27)7-4-8-21(14)30-24(32)17(23(31)29-25(30)33)11-15-9-10-22(18(26)12-15)34-13-16-5-2-3-6-20(16)28/h2-12H,13H2,1H3,(H,29,31,33)/b17-11+. The lowest BCUT2D eigenvalue weighted by molar-refractivity contribution is -0.122. The molecule has 3 aromatic carbocycles. The first-order valence-electron chi connectivity index (χ1n) is 10.1. The monoisotopic (exact) mass is 558 g/mol. The van der Waals surface area contributed by atoms with Gasteiger partial charge in [-0.3, -0.25) is 14.9 Å². The number of nitrogens with one attached hydrogen (secondary N) is 1. The van der Waals surface area contributed by atoms with Crippen molar-refractivity contribution in [1.29, 1.82) is 0 Å². The molecule has 1 N–H and O–H groups in total. The lowest BCUT2D eigenvalue weighted by Crippen LogP contribution is -2.54.